The zero-order chi connectivity index (χ0) is 97.3. The Labute approximate surface area is 782 Å². The fourth-order valence-corrected chi connectivity index (χ4v) is 13.5. The fourth-order valence-electron chi connectivity index (χ4n) is 13.5. The third-order valence-electron chi connectivity index (χ3n) is 20.8. The zero-order valence-corrected chi connectivity index (χ0v) is 74.6. The molecule has 0 saturated heterocycles. The molecular formula is C103H86N16O18. The summed E-state index contributed by atoms with van der Waals surface area (Å²) in [7, 11) is 5.93. The molecule has 0 atom stereocenters. The van der Waals surface area contributed by atoms with E-state index in [9.17, 15) is 49.0 Å². The number of esters is 2. The van der Waals surface area contributed by atoms with E-state index in [1.54, 1.807) is 146 Å². The smallest absolute Gasteiger partial charge is 0.354 e. The van der Waals surface area contributed by atoms with Crippen LogP contribution in [-0.2, 0) is 9.47 Å². The minimum absolute atomic E-state index is 0.00898. The van der Waals surface area contributed by atoms with E-state index in [2.05, 4.69) is 78.7 Å². The normalized spacial score (nSPS) is 10.5. The van der Waals surface area contributed by atoms with E-state index in [1.807, 2.05) is 172 Å². The van der Waals surface area contributed by atoms with Crippen molar-refractivity contribution in [3.8, 4) is 113 Å². The Bertz CT molecular complexity index is 7330. The molecule has 0 bridgehead atoms. The van der Waals surface area contributed by atoms with Crippen molar-refractivity contribution in [1.82, 2.24) is 68.7 Å². The molecule has 0 radical (unpaired) electrons. The van der Waals surface area contributed by atoms with Crippen LogP contribution in [-0.4, -0.2) is 163 Å². The van der Waals surface area contributed by atoms with Gasteiger partial charge in [0, 0.05) is 82.7 Å². The van der Waals surface area contributed by atoms with E-state index in [1.165, 1.54) is 86.3 Å². The average molecular weight is 1840 g/mol. The van der Waals surface area contributed by atoms with Crippen molar-refractivity contribution in [2.45, 2.75) is 33.6 Å². The standard InChI is InChI=1S/C20H20N2O2.C17H13N3O5.C17H13N3O4.C17H14N2O2.C16H13N3O3.C16H13N3O2/c1-14(2)15-7-9-16(10-8-15)19-11-12-22(21-19)18-6-4-5-17(13-18)20(23)24-3;1-25-14-5-3-13(4-6-14)19-10-12(9-18-19)15-8-11(17(21)22)2-7-16(15)20(23)24;1-11-2-5-14(6-3-11)19-10-13(9-18-19)15-8-12(17(21)22)4-7-16(15)20(23)24;1-21-17(20)14-8-5-9-15(12-14)19-11-10-16(18-19)13-6-3-2-4-7-13;1-22-13-7-5-12(6-8-13)19-10-11(9-17-19)14-3-2-4-15(18-14)16(20)21;1-11-5-7-13(8-6-11)19-10-12(9-17-19)14-3-2-4-15(18-14)16(20)21/h4-14H,1-3H3;2-10H,1H3,(H,21,22);2-10H,1H3,(H,21,22);2-12H,1H3;2-10H,1H3,(H,20,21);2-10H,1H3,(H,20,21). The van der Waals surface area contributed by atoms with E-state index >= 15 is 0 Å². The van der Waals surface area contributed by atoms with Gasteiger partial charge in [-0.3, -0.25) is 20.2 Å². The molecule has 34 heteroatoms. The highest BCUT2D eigenvalue weighted by atomic mass is 16.6. The van der Waals surface area contributed by atoms with Crippen molar-refractivity contribution in [2.24, 2.45) is 0 Å². The summed E-state index contributed by atoms with van der Waals surface area (Å²) in [6.07, 6.45) is 16.9. The van der Waals surface area contributed by atoms with Crippen LogP contribution in [0.15, 0.2) is 347 Å². The van der Waals surface area contributed by atoms with Crippen LogP contribution < -0.4 is 9.47 Å². The number of carboxylic acids is 4. The molecule has 34 nitrogen and oxygen atoms in total. The van der Waals surface area contributed by atoms with E-state index < -0.39 is 33.7 Å². The molecular weight excluding hydrogens is 1750 g/mol. The summed E-state index contributed by atoms with van der Waals surface area (Å²) in [6, 6.07) is 84.1. The van der Waals surface area contributed by atoms with Gasteiger partial charge in [-0.15, -0.1) is 0 Å². The summed E-state index contributed by atoms with van der Waals surface area (Å²) in [6.45, 7) is 8.36. The number of carboxylic acid groups (broad SMARTS) is 4. The zero-order valence-electron chi connectivity index (χ0n) is 74.6. The minimum atomic E-state index is -1.15. The fraction of sp³-hybridized carbons (Fsp3) is 0.0874. The summed E-state index contributed by atoms with van der Waals surface area (Å²) in [5.74, 6) is -3.12. The predicted molar refractivity (Wildman–Crippen MR) is 510 cm³/mol. The van der Waals surface area contributed by atoms with Gasteiger partial charge >= 0.3 is 35.8 Å². The number of aromatic nitrogens is 14. The van der Waals surface area contributed by atoms with Gasteiger partial charge in [0.25, 0.3) is 11.4 Å². The number of hydrogen-bond donors (Lipinski definition) is 4. The van der Waals surface area contributed by atoms with Crippen molar-refractivity contribution >= 4 is 47.2 Å². The maximum atomic E-state index is 11.7. The van der Waals surface area contributed by atoms with Crippen LogP contribution in [0.25, 0.3) is 101 Å². The maximum absolute atomic E-state index is 11.7. The first-order valence-corrected chi connectivity index (χ1v) is 41.8. The van der Waals surface area contributed by atoms with Crippen LogP contribution in [0, 0.1) is 34.1 Å². The monoisotopic (exact) mass is 1830 g/mol. The number of carbonyl (C=O) groups excluding carboxylic acids is 2. The van der Waals surface area contributed by atoms with Crippen LogP contribution in [0.2, 0.25) is 0 Å². The number of rotatable bonds is 23. The molecule has 137 heavy (non-hydrogen) atoms. The number of methoxy groups -OCH3 is 4. The Morgan fingerprint density at radius 1 is 0.328 bits per heavy atom. The molecule has 10 aromatic carbocycles. The van der Waals surface area contributed by atoms with E-state index in [-0.39, 0.29) is 57.0 Å². The molecule has 0 spiro atoms. The lowest BCUT2D eigenvalue weighted by molar-refractivity contribution is -0.384. The first-order valence-electron chi connectivity index (χ1n) is 41.8. The Hall–Kier alpha value is -19.0. The lowest BCUT2D eigenvalue weighted by Gasteiger charge is -2.06. The molecule has 686 valence electrons. The lowest BCUT2D eigenvalue weighted by Crippen LogP contribution is -2.03. The maximum Gasteiger partial charge on any atom is 0.354 e. The van der Waals surface area contributed by atoms with Gasteiger partial charge in [-0.25, -0.2) is 66.8 Å². The number of aryl methyl sites for hydroxylation is 2. The van der Waals surface area contributed by atoms with Crippen molar-refractivity contribution in [2.75, 3.05) is 28.4 Å². The van der Waals surface area contributed by atoms with Crippen molar-refractivity contribution in [3.05, 3.63) is 418 Å². The van der Waals surface area contributed by atoms with E-state index in [4.69, 9.17) is 39.4 Å². The van der Waals surface area contributed by atoms with Crippen molar-refractivity contribution in [1.29, 1.82) is 0 Å². The quantitative estimate of drug-likeness (QED) is 0.0262. The van der Waals surface area contributed by atoms with Gasteiger partial charge in [-0.05, 0) is 195 Å². The van der Waals surface area contributed by atoms with Crippen LogP contribution in [0.1, 0.15) is 98.9 Å². The Kier molecular flexibility index (Phi) is 31.1. The van der Waals surface area contributed by atoms with Crippen LogP contribution in [0.4, 0.5) is 11.4 Å². The number of ether oxygens (including phenoxy) is 4. The number of benzene rings is 10. The number of nitro benzene ring substituents is 2. The van der Waals surface area contributed by atoms with Crippen molar-refractivity contribution in [3.63, 3.8) is 0 Å². The van der Waals surface area contributed by atoms with Crippen LogP contribution in [0.5, 0.6) is 11.5 Å². The third kappa shape index (κ3) is 24.6. The largest absolute Gasteiger partial charge is 0.497 e. The molecule has 0 fully saturated rings. The summed E-state index contributed by atoms with van der Waals surface area (Å²) >= 11 is 0. The van der Waals surface area contributed by atoms with E-state index in [0.717, 1.165) is 79.1 Å². The SMILES string of the molecule is COC(=O)c1cccc(-n2ccc(-c3ccc(C(C)C)cc3)n2)c1.COC(=O)c1cccc(-n2ccc(-c3ccccc3)n2)c1.COc1ccc(-n2cc(-c3cc(C(=O)O)ccc3[N+](=O)[O-])cn2)cc1.COc1ccc(-n2cc(-c3cccc(C(=O)O)n3)cn2)cc1.Cc1ccc(-n2cc(-c3cc(C(=O)O)ccc3[N+](=O)[O-])cn2)cc1.Cc1ccc(-n2cc(-c3cccc(C(=O)O)n3)cn2)cc1. The second-order valence-electron chi connectivity index (χ2n) is 30.3. The second kappa shape index (κ2) is 44.5. The predicted octanol–water partition coefficient (Wildman–Crippen LogP) is 20.0. The Morgan fingerprint density at radius 3 is 1.02 bits per heavy atom. The van der Waals surface area contributed by atoms with Gasteiger partial charge in [-0.1, -0.05) is 128 Å². The molecule has 0 saturated carbocycles. The topological polar surface area (TPSA) is 439 Å². The van der Waals surface area contributed by atoms with Gasteiger partial charge < -0.3 is 39.4 Å². The first kappa shape index (κ1) is 95.6. The first-order chi connectivity index (χ1) is 66.1. The average Bonchev–Trinajstić information content (AvgIpc) is 1.80. The molecule has 18 rings (SSSR count). The van der Waals surface area contributed by atoms with Crippen molar-refractivity contribution < 1.29 is 78.0 Å². The number of aromatic carboxylic acids is 4. The summed E-state index contributed by atoms with van der Waals surface area (Å²) in [5, 5.41) is 84.8. The number of pyridine rings is 2. The highest BCUT2D eigenvalue weighted by molar-refractivity contribution is 5.93. The lowest BCUT2D eigenvalue weighted by atomic mass is 10.0. The molecule has 8 aromatic heterocycles. The third-order valence-corrected chi connectivity index (χ3v) is 20.8. The summed E-state index contributed by atoms with van der Waals surface area (Å²) in [4.78, 5) is 97.0. The highest BCUT2D eigenvalue weighted by Gasteiger charge is 2.23. The number of carbonyl (C=O) groups is 6. The second-order valence-corrected chi connectivity index (χ2v) is 30.3. The number of hydrogen-bond acceptors (Lipinski definition) is 22. The molecule has 0 amide bonds. The minimum Gasteiger partial charge on any atom is -0.497 e. The van der Waals surface area contributed by atoms with Crippen LogP contribution in [0.3, 0.4) is 0 Å². The molecule has 0 aliphatic heterocycles. The molecule has 4 N–H and O–H groups in total. The Morgan fingerprint density at radius 2 is 0.679 bits per heavy atom. The molecule has 18 aromatic rings. The highest BCUT2D eigenvalue weighted by Crippen LogP contribution is 2.35. The molecule has 0 aliphatic carbocycles. The summed E-state index contributed by atoms with van der Waals surface area (Å²) < 4.78 is 29.8. The van der Waals surface area contributed by atoms with Gasteiger partial charge in [0.15, 0.2) is 0 Å². The van der Waals surface area contributed by atoms with Gasteiger partial charge in [0.2, 0.25) is 0 Å². The molecule has 0 aliphatic rings. The van der Waals surface area contributed by atoms with Gasteiger partial charge in [0.05, 0.1) is 153 Å². The number of nitro groups is 2. The number of nitrogens with zero attached hydrogens (tertiary/aromatic N) is 16. The van der Waals surface area contributed by atoms with Gasteiger partial charge in [0.1, 0.15) is 22.9 Å². The van der Waals surface area contributed by atoms with Crippen LogP contribution >= 0.6 is 0 Å². The molecule has 8 heterocycles. The van der Waals surface area contributed by atoms with Gasteiger partial charge in [-0.2, -0.15) is 30.6 Å². The summed E-state index contributed by atoms with van der Waals surface area (Å²) in [5.41, 5.74) is 17.2. The Balaban J connectivity index is 0.000000139. The van der Waals surface area contributed by atoms with E-state index in [0.29, 0.717) is 45.3 Å². The molecule has 0 unspecified atom stereocenters.